The van der Waals surface area contributed by atoms with Gasteiger partial charge in [-0.3, -0.25) is 10.1 Å². The van der Waals surface area contributed by atoms with Gasteiger partial charge in [0.2, 0.25) is 0 Å². The summed E-state index contributed by atoms with van der Waals surface area (Å²) < 4.78 is 0. The van der Waals surface area contributed by atoms with E-state index in [0.29, 0.717) is 6.04 Å². The number of nitro groups is 1. The molecule has 0 aliphatic carbocycles. The molecule has 0 aromatic heterocycles. The van der Waals surface area contributed by atoms with Crippen LogP contribution in [-0.2, 0) is 0 Å². The molecule has 1 aliphatic heterocycles. The van der Waals surface area contributed by atoms with Gasteiger partial charge in [-0.05, 0) is 12.1 Å². The summed E-state index contributed by atoms with van der Waals surface area (Å²) in [5.41, 5.74) is 6.53. The van der Waals surface area contributed by atoms with Crippen molar-refractivity contribution in [2.75, 3.05) is 24.1 Å². The minimum Gasteiger partial charge on any atom is -0.393 e. The van der Waals surface area contributed by atoms with E-state index in [-0.39, 0.29) is 11.4 Å². The van der Waals surface area contributed by atoms with Gasteiger partial charge < -0.3 is 16.4 Å². The first-order valence-electron chi connectivity index (χ1n) is 4.68. The van der Waals surface area contributed by atoms with Crippen molar-refractivity contribution in [2.24, 2.45) is 0 Å². The van der Waals surface area contributed by atoms with Gasteiger partial charge in [-0.15, -0.1) is 0 Å². The highest BCUT2D eigenvalue weighted by Gasteiger charge is 2.17. The lowest BCUT2D eigenvalue weighted by molar-refractivity contribution is -0.383. The van der Waals surface area contributed by atoms with Crippen LogP contribution >= 0.6 is 0 Å². The Balaban J connectivity index is 2.13. The molecule has 2 rings (SSSR count). The second-order valence-corrected chi connectivity index (χ2v) is 3.53. The summed E-state index contributed by atoms with van der Waals surface area (Å²) in [6, 6.07) is 5.08. The predicted octanol–water partition coefficient (Wildman–Crippen LogP) is 0.561. The quantitative estimate of drug-likeness (QED) is 0.383. The Morgan fingerprint density at radius 1 is 1.53 bits per heavy atom. The zero-order valence-electron chi connectivity index (χ0n) is 8.06. The number of rotatable bonds is 3. The Bertz CT molecular complexity index is 390. The van der Waals surface area contributed by atoms with Crippen molar-refractivity contribution in [3.63, 3.8) is 0 Å². The molecule has 0 amide bonds. The average Bonchev–Trinajstić information content (AvgIpc) is 2.11. The fourth-order valence-electron chi connectivity index (χ4n) is 1.44. The van der Waals surface area contributed by atoms with Crippen molar-refractivity contribution in [1.29, 1.82) is 0 Å². The summed E-state index contributed by atoms with van der Waals surface area (Å²) in [5, 5.41) is 16.9. The molecule has 6 heteroatoms. The van der Waals surface area contributed by atoms with Gasteiger partial charge in [0.1, 0.15) is 5.69 Å². The number of nitro benzene ring substituents is 1. The molecule has 6 nitrogen and oxygen atoms in total. The molecule has 4 N–H and O–H groups in total. The van der Waals surface area contributed by atoms with E-state index >= 15 is 0 Å². The Hall–Kier alpha value is -1.82. The molecule has 1 fully saturated rings. The van der Waals surface area contributed by atoms with Crippen LogP contribution in [0.2, 0.25) is 0 Å². The van der Waals surface area contributed by atoms with Crippen molar-refractivity contribution in [1.82, 2.24) is 5.32 Å². The van der Waals surface area contributed by atoms with E-state index in [2.05, 4.69) is 10.6 Å². The fourth-order valence-corrected chi connectivity index (χ4v) is 1.44. The molecule has 1 saturated heterocycles. The summed E-state index contributed by atoms with van der Waals surface area (Å²) in [4.78, 5) is 10.0. The monoisotopic (exact) mass is 208 g/mol. The first kappa shape index (κ1) is 9.72. The normalized spacial score (nSPS) is 15.7. The first-order chi connectivity index (χ1) is 7.16. The zero-order valence-corrected chi connectivity index (χ0v) is 8.06. The van der Waals surface area contributed by atoms with Gasteiger partial charge in [0.05, 0.1) is 11.0 Å². The highest BCUT2D eigenvalue weighted by atomic mass is 16.6. The van der Waals surface area contributed by atoms with Crippen LogP contribution in [0.4, 0.5) is 17.1 Å². The van der Waals surface area contributed by atoms with Crippen LogP contribution in [-0.4, -0.2) is 24.1 Å². The smallest absolute Gasteiger partial charge is 0.292 e. The number of nitrogen functional groups attached to an aromatic ring is 1. The summed E-state index contributed by atoms with van der Waals surface area (Å²) in [6.45, 7) is 1.83. The standard InChI is InChI=1S/C9H12N4O2/c10-8-3-6(12-7-4-11-5-7)1-2-9(8)13(14)15/h1-3,7,11-12H,4-5,10H2. The number of hydrogen-bond donors (Lipinski definition) is 3. The third kappa shape index (κ3) is 1.99. The number of benzene rings is 1. The lowest BCUT2D eigenvalue weighted by Crippen LogP contribution is -2.51. The number of nitrogens with two attached hydrogens (primary N) is 1. The van der Waals surface area contributed by atoms with E-state index in [1.54, 1.807) is 12.1 Å². The van der Waals surface area contributed by atoms with Gasteiger partial charge in [-0.1, -0.05) is 0 Å². The van der Waals surface area contributed by atoms with Gasteiger partial charge in [0, 0.05) is 24.8 Å². The lowest BCUT2D eigenvalue weighted by Gasteiger charge is -2.28. The van der Waals surface area contributed by atoms with Gasteiger partial charge in [-0.25, -0.2) is 0 Å². The SMILES string of the molecule is Nc1cc(NC2CNC2)ccc1[N+](=O)[O-]. The second kappa shape index (κ2) is 3.74. The molecule has 0 spiro atoms. The molecule has 0 unspecified atom stereocenters. The molecule has 15 heavy (non-hydrogen) atoms. The largest absolute Gasteiger partial charge is 0.393 e. The fraction of sp³-hybridized carbons (Fsp3) is 0.333. The van der Waals surface area contributed by atoms with Crippen LogP contribution < -0.4 is 16.4 Å². The Morgan fingerprint density at radius 3 is 2.73 bits per heavy atom. The second-order valence-electron chi connectivity index (χ2n) is 3.53. The molecular formula is C9H12N4O2. The van der Waals surface area contributed by atoms with E-state index in [0.717, 1.165) is 18.8 Å². The molecule has 80 valence electrons. The lowest BCUT2D eigenvalue weighted by atomic mass is 10.1. The number of nitrogens with one attached hydrogen (secondary N) is 2. The maximum Gasteiger partial charge on any atom is 0.292 e. The van der Waals surface area contributed by atoms with Crippen molar-refractivity contribution < 1.29 is 4.92 Å². The van der Waals surface area contributed by atoms with Gasteiger partial charge in [-0.2, -0.15) is 0 Å². The molecule has 1 heterocycles. The molecule has 1 aromatic carbocycles. The van der Waals surface area contributed by atoms with E-state index in [1.807, 2.05) is 0 Å². The Morgan fingerprint density at radius 2 is 2.27 bits per heavy atom. The van der Waals surface area contributed by atoms with Gasteiger partial charge in [0.25, 0.3) is 5.69 Å². The summed E-state index contributed by atoms with van der Waals surface area (Å²) >= 11 is 0. The van der Waals surface area contributed by atoms with E-state index in [4.69, 9.17) is 5.73 Å². The summed E-state index contributed by atoms with van der Waals surface area (Å²) in [5.74, 6) is 0. The van der Waals surface area contributed by atoms with Crippen LogP contribution in [0.15, 0.2) is 18.2 Å². The van der Waals surface area contributed by atoms with Crippen molar-refractivity contribution in [3.8, 4) is 0 Å². The number of nitrogens with zero attached hydrogens (tertiary/aromatic N) is 1. The maximum atomic E-state index is 10.5. The zero-order chi connectivity index (χ0) is 10.8. The minimum absolute atomic E-state index is 0.0488. The van der Waals surface area contributed by atoms with Crippen LogP contribution in [0.3, 0.4) is 0 Å². The molecule has 0 atom stereocenters. The Labute approximate surface area is 86.6 Å². The molecule has 1 aromatic rings. The van der Waals surface area contributed by atoms with Gasteiger partial charge in [0.15, 0.2) is 0 Å². The molecule has 1 aliphatic rings. The Kier molecular flexibility index (Phi) is 2.42. The van der Waals surface area contributed by atoms with Crippen molar-refractivity contribution >= 4 is 17.1 Å². The third-order valence-corrected chi connectivity index (χ3v) is 2.38. The van der Waals surface area contributed by atoms with Crippen molar-refractivity contribution in [2.45, 2.75) is 6.04 Å². The van der Waals surface area contributed by atoms with Gasteiger partial charge >= 0.3 is 0 Å². The van der Waals surface area contributed by atoms with Crippen molar-refractivity contribution in [3.05, 3.63) is 28.3 Å². The molecule has 0 radical (unpaired) electrons. The van der Waals surface area contributed by atoms with Crippen LogP contribution in [0.5, 0.6) is 0 Å². The van der Waals surface area contributed by atoms with Crippen LogP contribution in [0, 0.1) is 10.1 Å². The minimum atomic E-state index is -0.482. The summed E-state index contributed by atoms with van der Waals surface area (Å²) in [6.07, 6.45) is 0. The highest BCUT2D eigenvalue weighted by Crippen LogP contribution is 2.25. The third-order valence-electron chi connectivity index (χ3n) is 2.38. The van der Waals surface area contributed by atoms with Crippen LogP contribution in [0.25, 0.3) is 0 Å². The van der Waals surface area contributed by atoms with E-state index < -0.39 is 4.92 Å². The topological polar surface area (TPSA) is 93.2 Å². The average molecular weight is 208 g/mol. The van der Waals surface area contributed by atoms with E-state index in [1.165, 1.54) is 6.07 Å². The first-order valence-corrected chi connectivity index (χ1v) is 4.68. The maximum absolute atomic E-state index is 10.5. The van der Waals surface area contributed by atoms with E-state index in [9.17, 15) is 10.1 Å². The number of anilines is 2. The molecular weight excluding hydrogens is 196 g/mol. The number of hydrogen-bond acceptors (Lipinski definition) is 5. The summed E-state index contributed by atoms with van der Waals surface area (Å²) in [7, 11) is 0. The molecule has 0 bridgehead atoms. The van der Waals surface area contributed by atoms with Crippen LogP contribution in [0.1, 0.15) is 0 Å². The molecule has 0 saturated carbocycles. The predicted molar refractivity (Wildman–Crippen MR) is 57.8 cm³/mol. The highest BCUT2D eigenvalue weighted by molar-refractivity contribution is 5.66.